The van der Waals surface area contributed by atoms with Crippen molar-refractivity contribution in [2.75, 3.05) is 7.05 Å². The zero-order valence-corrected chi connectivity index (χ0v) is 34.7. The Hall–Kier alpha value is -2.33. The van der Waals surface area contributed by atoms with Gasteiger partial charge in [-0.1, -0.05) is 142 Å². The van der Waals surface area contributed by atoms with Gasteiger partial charge >= 0.3 is 0 Å². The number of benzene rings is 2. The molecule has 2 aromatic rings. The molecule has 1 aliphatic carbocycles. The molecule has 4 heteroatoms. The molecule has 2 atom stereocenters. The van der Waals surface area contributed by atoms with Crippen LogP contribution in [0.5, 0.6) is 11.5 Å². The van der Waals surface area contributed by atoms with Crippen molar-refractivity contribution in [3.8, 4) is 11.5 Å². The van der Waals surface area contributed by atoms with Gasteiger partial charge in [0.15, 0.2) is 0 Å². The van der Waals surface area contributed by atoms with Crippen molar-refractivity contribution in [1.29, 1.82) is 0 Å². The molecule has 0 heterocycles. The Bertz CT molecular complexity index is 1460. The Balaban J connectivity index is 2.08. The number of aromatic hydroxyl groups is 2. The fourth-order valence-electron chi connectivity index (χ4n) is 6.93. The van der Waals surface area contributed by atoms with Crippen molar-refractivity contribution in [3.05, 3.63) is 57.6 Å². The van der Waals surface area contributed by atoms with Crippen LogP contribution in [0.25, 0.3) is 0 Å². The molecule has 2 aromatic carbocycles. The van der Waals surface area contributed by atoms with Crippen molar-refractivity contribution in [1.82, 2.24) is 4.90 Å². The van der Waals surface area contributed by atoms with E-state index in [1.807, 2.05) is 6.21 Å². The molecule has 0 unspecified atom stereocenters. The lowest BCUT2D eigenvalue weighted by atomic mass is 9.69. The summed E-state index contributed by atoms with van der Waals surface area (Å²) in [6.45, 7) is 37.1. The first-order valence-electron chi connectivity index (χ1n) is 19.4. The first-order valence-corrected chi connectivity index (χ1v) is 19.4. The van der Waals surface area contributed by atoms with E-state index in [4.69, 9.17) is 4.99 Å². The molecule has 1 fully saturated rings. The van der Waals surface area contributed by atoms with Crippen molar-refractivity contribution in [2.45, 2.75) is 177 Å². The molecule has 4 nitrogen and oxygen atoms in total. The molecule has 0 saturated heterocycles. The summed E-state index contributed by atoms with van der Waals surface area (Å²) in [4.78, 5) is 7.72. The molecule has 0 aromatic heterocycles. The van der Waals surface area contributed by atoms with E-state index in [9.17, 15) is 10.2 Å². The van der Waals surface area contributed by atoms with E-state index in [1.54, 1.807) is 0 Å². The maximum absolute atomic E-state index is 11.9. The molecule has 1 aliphatic rings. The third-order valence-electron chi connectivity index (χ3n) is 14.1. The predicted molar refractivity (Wildman–Crippen MR) is 213 cm³/mol. The average Bonchev–Trinajstić information content (AvgIpc) is 3.00. The van der Waals surface area contributed by atoms with Gasteiger partial charge in [-0.25, -0.2) is 0 Å². The molecule has 0 amide bonds. The molecular formula is C45H74N2O2. The zero-order valence-electron chi connectivity index (χ0n) is 34.7. The Kier molecular flexibility index (Phi) is 12.7. The SMILES string of the molecule is CC(C)C(C)(C)c1cc(C=N[C@@H]2CCCC[C@H]2N(C)Cc2cc(C(C)(C)C(C)C)cc(C(C)(C)C(C)C)c2O)c(O)c(C(C)(C)C(C)C)c1. The van der Waals surface area contributed by atoms with E-state index >= 15 is 0 Å². The lowest BCUT2D eigenvalue weighted by Crippen LogP contribution is -2.42. The standard InChI is InChI=1S/C45H74N2O2/c1-28(2)42(9,10)34-22-32(40(48)36(24-34)44(13,14)30(5)6)26-46-38-20-18-19-21-39(38)47(17)27-33-23-35(43(11,12)29(3)4)25-37(41(33)49)45(15,16)31(7)8/h22-26,28-31,38-39,48-49H,18-21,27H2,1-17H3/t38-,39-/m1/s1. The van der Waals surface area contributed by atoms with Crippen LogP contribution in [0.1, 0.15) is 170 Å². The number of likely N-dealkylation sites (N-methyl/N-ethyl adjacent to an activating group) is 1. The molecule has 2 N–H and O–H groups in total. The van der Waals surface area contributed by atoms with Crippen LogP contribution in [-0.4, -0.2) is 40.5 Å². The minimum absolute atomic E-state index is 0.0236. The van der Waals surface area contributed by atoms with Gasteiger partial charge in [0.1, 0.15) is 11.5 Å². The maximum Gasteiger partial charge on any atom is 0.128 e. The Morgan fingerprint density at radius 1 is 0.653 bits per heavy atom. The second kappa shape index (κ2) is 15.1. The molecule has 276 valence electrons. The van der Waals surface area contributed by atoms with E-state index in [0.717, 1.165) is 41.5 Å². The van der Waals surface area contributed by atoms with Crippen LogP contribution in [0.3, 0.4) is 0 Å². The van der Waals surface area contributed by atoms with Crippen molar-refractivity contribution in [3.63, 3.8) is 0 Å². The van der Waals surface area contributed by atoms with Crippen LogP contribution < -0.4 is 0 Å². The summed E-state index contributed by atoms with van der Waals surface area (Å²) in [6, 6.07) is 9.34. The van der Waals surface area contributed by atoms with Gasteiger partial charge in [-0.2, -0.15) is 0 Å². The van der Waals surface area contributed by atoms with E-state index in [-0.39, 0.29) is 33.7 Å². The summed E-state index contributed by atoms with van der Waals surface area (Å²) in [5, 5.41) is 23.6. The number of hydrogen-bond donors (Lipinski definition) is 2. The number of rotatable bonds is 13. The second-order valence-electron chi connectivity index (χ2n) is 19.1. The third-order valence-corrected chi connectivity index (χ3v) is 14.1. The normalized spacial score (nSPS) is 18.7. The summed E-state index contributed by atoms with van der Waals surface area (Å²) in [5.74, 6) is 2.46. The largest absolute Gasteiger partial charge is 0.507 e. The van der Waals surface area contributed by atoms with E-state index in [0.29, 0.717) is 41.7 Å². The molecule has 0 bridgehead atoms. The summed E-state index contributed by atoms with van der Waals surface area (Å²) in [5.41, 5.74) is 6.01. The highest BCUT2D eigenvalue weighted by Gasteiger charge is 2.36. The fourth-order valence-corrected chi connectivity index (χ4v) is 6.93. The maximum atomic E-state index is 11.9. The van der Waals surface area contributed by atoms with E-state index in [1.165, 1.54) is 17.5 Å². The quantitative estimate of drug-likeness (QED) is 0.208. The highest BCUT2D eigenvalue weighted by molar-refractivity contribution is 5.85. The molecule has 0 aliphatic heterocycles. The third kappa shape index (κ3) is 8.43. The van der Waals surface area contributed by atoms with Crippen LogP contribution in [0.2, 0.25) is 0 Å². The average molecular weight is 675 g/mol. The van der Waals surface area contributed by atoms with E-state index < -0.39 is 0 Å². The van der Waals surface area contributed by atoms with Gasteiger partial charge in [0.25, 0.3) is 0 Å². The summed E-state index contributed by atoms with van der Waals surface area (Å²) < 4.78 is 0. The number of phenols is 2. The Labute approximate surface area is 302 Å². The topological polar surface area (TPSA) is 56.1 Å². The van der Waals surface area contributed by atoms with Gasteiger partial charge in [-0.15, -0.1) is 0 Å². The summed E-state index contributed by atoms with van der Waals surface area (Å²) >= 11 is 0. The van der Waals surface area contributed by atoms with Crippen LogP contribution >= 0.6 is 0 Å². The van der Waals surface area contributed by atoms with Crippen molar-refractivity contribution < 1.29 is 10.2 Å². The van der Waals surface area contributed by atoms with Gasteiger partial charge < -0.3 is 10.2 Å². The first-order chi connectivity index (χ1) is 22.4. The molecular weight excluding hydrogens is 601 g/mol. The lowest BCUT2D eigenvalue weighted by Gasteiger charge is -2.38. The molecule has 1 saturated carbocycles. The smallest absolute Gasteiger partial charge is 0.128 e. The van der Waals surface area contributed by atoms with Crippen LogP contribution in [0, 0.1) is 23.7 Å². The number of hydrogen-bond acceptors (Lipinski definition) is 4. The minimum Gasteiger partial charge on any atom is -0.507 e. The number of nitrogens with zero attached hydrogens (tertiary/aromatic N) is 2. The van der Waals surface area contributed by atoms with Crippen LogP contribution in [0.15, 0.2) is 29.3 Å². The van der Waals surface area contributed by atoms with Gasteiger partial charge in [0.05, 0.1) is 6.04 Å². The Morgan fingerprint density at radius 3 is 1.55 bits per heavy atom. The van der Waals surface area contributed by atoms with Crippen LogP contribution in [-0.2, 0) is 28.2 Å². The molecule has 0 radical (unpaired) electrons. The fraction of sp³-hybridized carbons (Fsp3) is 0.711. The van der Waals surface area contributed by atoms with E-state index in [2.05, 4.69) is 147 Å². The van der Waals surface area contributed by atoms with Gasteiger partial charge in [-0.3, -0.25) is 9.89 Å². The Morgan fingerprint density at radius 2 is 1.08 bits per heavy atom. The summed E-state index contributed by atoms with van der Waals surface area (Å²) in [6.07, 6.45) is 6.39. The highest BCUT2D eigenvalue weighted by atomic mass is 16.3. The molecule has 49 heavy (non-hydrogen) atoms. The van der Waals surface area contributed by atoms with Crippen molar-refractivity contribution in [2.24, 2.45) is 28.7 Å². The van der Waals surface area contributed by atoms with Gasteiger partial charge in [-0.05, 0) is 82.4 Å². The summed E-state index contributed by atoms with van der Waals surface area (Å²) in [7, 11) is 2.21. The van der Waals surface area contributed by atoms with Crippen LogP contribution in [0.4, 0.5) is 0 Å². The van der Waals surface area contributed by atoms with Crippen molar-refractivity contribution >= 4 is 6.21 Å². The second-order valence-corrected chi connectivity index (χ2v) is 19.1. The zero-order chi connectivity index (χ0) is 37.4. The molecule has 0 spiro atoms. The number of aliphatic imine (C=N–C) groups is 1. The molecule has 3 rings (SSSR count). The first kappa shape index (κ1) is 41.1. The number of phenolic OH excluding ortho intramolecular Hbond substituents is 2. The lowest BCUT2D eigenvalue weighted by molar-refractivity contribution is 0.162. The van der Waals surface area contributed by atoms with Gasteiger partial charge in [0.2, 0.25) is 0 Å². The predicted octanol–water partition coefficient (Wildman–Crippen LogP) is 11.7. The van der Waals surface area contributed by atoms with Gasteiger partial charge in [0, 0.05) is 41.1 Å². The minimum atomic E-state index is -0.188. The monoisotopic (exact) mass is 675 g/mol. The highest BCUT2D eigenvalue weighted by Crippen LogP contribution is 2.45.